The highest BCUT2D eigenvalue weighted by Gasteiger charge is 2.25. The molecule has 0 aliphatic carbocycles. The van der Waals surface area contributed by atoms with Crippen molar-refractivity contribution < 1.29 is 19.4 Å². The van der Waals surface area contributed by atoms with Crippen molar-refractivity contribution in [3.05, 3.63) is 59.2 Å². The number of phenols is 1. The molecule has 0 radical (unpaired) electrons. The minimum absolute atomic E-state index is 0.0223. The first-order valence-electron chi connectivity index (χ1n) is 9.27. The lowest BCUT2D eigenvalue weighted by molar-refractivity contribution is 0.0494. The van der Waals surface area contributed by atoms with E-state index < -0.39 is 11.8 Å². The first kappa shape index (κ1) is 20.5. The van der Waals surface area contributed by atoms with Crippen LogP contribution >= 0.6 is 0 Å². The number of hydrogen-bond donors (Lipinski definition) is 1. The van der Waals surface area contributed by atoms with E-state index in [1.165, 1.54) is 0 Å². The first-order valence-corrected chi connectivity index (χ1v) is 9.27. The summed E-state index contributed by atoms with van der Waals surface area (Å²) in [5.74, 6) is -1.21. The van der Waals surface area contributed by atoms with Crippen molar-refractivity contribution in [2.24, 2.45) is 0 Å². The normalized spacial score (nSPS) is 10.5. The van der Waals surface area contributed by atoms with Crippen LogP contribution in [0.1, 0.15) is 58.9 Å². The minimum atomic E-state index is -0.591. The molecule has 144 valence electrons. The fraction of sp³-hybridized carbons (Fsp3) is 0.364. The topological polar surface area (TPSA) is 66.8 Å². The number of ketones is 1. The van der Waals surface area contributed by atoms with Crippen LogP contribution in [0, 0.1) is 0 Å². The fourth-order valence-electron chi connectivity index (χ4n) is 2.85. The van der Waals surface area contributed by atoms with Gasteiger partial charge in [0, 0.05) is 19.7 Å². The number of hydrogen-bond acceptors (Lipinski definition) is 5. The summed E-state index contributed by atoms with van der Waals surface area (Å²) < 4.78 is 5.34. The van der Waals surface area contributed by atoms with E-state index in [0.717, 1.165) is 25.7 Å². The number of esters is 1. The molecule has 0 saturated carbocycles. The zero-order chi connectivity index (χ0) is 19.8. The van der Waals surface area contributed by atoms with Gasteiger partial charge in [0.2, 0.25) is 0 Å². The quantitative estimate of drug-likeness (QED) is 0.402. The number of carbonyl (C=O) groups is 2. The molecule has 5 nitrogen and oxygen atoms in total. The number of phenolic OH excluding ortho intramolecular Hbond substituents is 1. The summed E-state index contributed by atoms with van der Waals surface area (Å²) in [6, 6.07) is 11.8. The van der Waals surface area contributed by atoms with Gasteiger partial charge in [-0.25, -0.2) is 4.79 Å². The number of nitrogens with zero attached hydrogens (tertiary/aromatic N) is 1. The molecule has 0 aliphatic rings. The molecule has 0 fully saturated rings. The zero-order valence-corrected chi connectivity index (χ0v) is 16.2. The summed E-state index contributed by atoms with van der Waals surface area (Å²) >= 11 is 0. The van der Waals surface area contributed by atoms with Gasteiger partial charge in [-0.15, -0.1) is 0 Å². The largest absolute Gasteiger partial charge is 0.505 e. The molecular weight excluding hydrogens is 342 g/mol. The Kier molecular flexibility index (Phi) is 7.41. The second-order valence-corrected chi connectivity index (χ2v) is 6.64. The predicted molar refractivity (Wildman–Crippen MR) is 107 cm³/mol. The summed E-state index contributed by atoms with van der Waals surface area (Å²) in [5, 5.41) is 10.7. The highest BCUT2D eigenvalue weighted by molar-refractivity contribution is 6.17. The summed E-state index contributed by atoms with van der Waals surface area (Å²) in [5.41, 5.74) is 0.933. The maximum atomic E-state index is 13.0. The van der Waals surface area contributed by atoms with Crippen molar-refractivity contribution in [1.29, 1.82) is 0 Å². The lowest BCUT2D eigenvalue weighted by Crippen LogP contribution is -2.16. The van der Waals surface area contributed by atoms with Gasteiger partial charge in [-0.1, -0.05) is 56.5 Å². The Hall–Kier alpha value is -2.82. The molecular formula is C22H27NO4. The van der Waals surface area contributed by atoms with Gasteiger partial charge in [0.1, 0.15) is 0 Å². The van der Waals surface area contributed by atoms with Crippen LogP contribution in [0.4, 0.5) is 5.69 Å². The number of carbonyl (C=O) groups excluding carboxylic acids is 2. The molecule has 0 bridgehead atoms. The molecule has 0 aliphatic heterocycles. The molecule has 2 aromatic carbocycles. The molecule has 0 heterocycles. The number of aromatic hydroxyl groups is 1. The average Bonchev–Trinajstić information content (AvgIpc) is 2.67. The molecule has 0 saturated heterocycles. The van der Waals surface area contributed by atoms with Crippen LogP contribution in [0.3, 0.4) is 0 Å². The second-order valence-electron chi connectivity index (χ2n) is 6.64. The third kappa shape index (κ3) is 5.09. The molecule has 27 heavy (non-hydrogen) atoms. The third-order valence-corrected chi connectivity index (χ3v) is 4.35. The van der Waals surface area contributed by atoms with Gasteiger partial charge in [-0.3, -0.25) is 4.79 Å². The van der Waals surface area contributed by atoms with E-state index >= 15 is 0 Å². The Bertz CT molecular complexity index is 784. The summed E-state index contributed by atoms with van der Waals surface area (Å²) in [6.07, 6.45) is 3.96. The van der Waals surface area contributed by atoms with E-state index in [2.05, 4.69) is 6.92 Å². The minimum Gasteiger partial charge on any atom is -0.505 e. The van der Waals surface area contributed by atoms with Gasteiger partial charge in [0.25, 0.3) is 0 Å². The number of ether oxygens (including phenoxy) is 1. The van der Waals surface area contributed by atoms with E-state index in [0.29, 0.717) is 17.9 Å². The highest BCUT2D eigenvalue weighted by Crippen LogP contribution is 2.34. The van der Waals surface area contributed by atoms with E-state index in [-0.39, 0.29) is 16.9 Å². The lowest BCUT2D eigenvalue weighted by atomic mass is 9.96. The third-order valence-electron chi connectivity index (χ3n) is 4.35. The average molecular weight is 369 g/mol. The van der Waals surface area contributed by atoms with Crippen molar-refractivity contribution in [1.82, 2.24) is 0 Å². The van der Waals surface area contributed by atoms with Crippen LogP contribution in [-0.2, 0) is 4.74 Å². The Morgan fingerprint density at radius 1 is 1.00 bits per heavy atom. The molecule has 0 atom stereocenters. The monoisotopic (exact) mass is 369 g/mol. The predicted octanol–water partition coefficient (Wildman–Crippen LogP) is 4.43. The standard InChI is InChI=1S/C22H27NO4/c1-4-5-6-10-15-27-22(26)17-13-14-18(23(2)3)21(25)19(17)20(24)16-11-8-7-9-12-16/h7-9,11-14,25H,4-6,10,15H2,1-3H3. The van der Waals surface area contributed by atoms with Crippen molar-refractivity contribution in [3.63, 3.8) is 0 Å². The van der Waals surface area contributed by atoms with Gasteiger partial charge in [-0.2, -0.15) is 0 Å². The van der Waals surface area contributed by atoms with Gasteiger partial charge < -0.3 is 14.7 Å². The van der Waals surface area contributed by atoms with E-state index in [1.807, 2.05) is 0 Å². The van der Waals surface area contributed by atoms with Gasteiger partial charge in [0.05, 0.1) is 23.4 Å². The summed E-state index contributed by atoms with van der Waals surface area (Å²) in [4.78, 5) is 27.3. The van der Waals surface area contributed by atoms with E-state index in [4.69, 9.17) is 4.74 Å². The Morgan fingerprint density at radius 2 is 1.70 bits per heavy atom. The summed E-state index contributed by atoms with van der Waals surface area (Å²) in [7, 11) is 3.52. The lowest BCUT2D eigenvalue weighted by Gasteiger charge is -2.18. The Morgan fingerprint density at radius 3 is 2.33 bits per heavy atom. The van der Waals surface area contributed by atoms with Crippen LogP contribution in [0.15, 0.2) is 42.5 Å². The van der Waals surface area contributed by atoms with Gasteiger partial charge >= 0.3 is 5.97 Å². The number of benzene rings is 2. The Balaban J connectivity index is 2.35. The maximum Gasteiger partial charge on any atom is 0.339 e. The molecule has 0 amide bonds. The maximum absolute atomic E-state index is 13.0. The van der Waals surface area contributed by atoms with Crippen molar-refractivity contribution >= 4 is 17.4 Å². The molecule has 2 aromatic rings. The van der Waals surface area contributed by atoms with Crippen LogP contribution in [0.25, 0.3) is 0 Å². The zero-order valence-electron chi connectivity index (χ0n) is 16.2. The first-order chi connectivity index (χ1) is 13.0. The van der Waals surface area contributed by atoms with E-state index in [9.17, 15) is 14.7 Å². The molecule has 1 N–H and O–H groups in total. The molecule has 0 spiro atoms. The smallest absolute Gasteiger partial charge is 0.339 e. The number of rotatable bonds is 9. The van der Waals surface area contributed by atoms with Crippen LogP contribution in [-0.4, -0.2) is 37.6 Å². The molecule has 2 rings (SSSR count). The summed E-state index contributed by atoms with van der Waals surface area (Å²) in [6.45, 7) is 2.41. The van der Waals surface area contributed by atoms with Crippen molar-refractivity contribution in [3.8, 4) is 5.75 Å². The van der Waals surface area contributed by atoms with E-state index in [1.54, 1.807) is 61.5 Å². The van der Waals surface area contributed by atoms with Gasteiger partial charge in [-0.05, 0) is 18.6 Å². The highest BCUT2D eigenvalue weighted by atomic mass is 16.5. The fourth-order valence-corrected chi connectivity index (χ4v) is 2.85. The molecule has 0 unspecified atom stereocenters. The SMILES string of the molecule is CCCCCCOC(=O)c1ccc(N(C)C)c(O)c1C(=O)c1ccccc1. The van der Waals surface area contributed by atoms with Crippen LogP contribution in [0.2, 0.25) is 0 Å². The number of anilines is 1. The second kappa shape index (κ2) is 9.76. The van der Waals surface area contributed by atoms with Crippen molar-refractivity contribution in [2.45, 2.75) is 32.6 Å². The molecule has 5 heteroatoms. The van der Waals surface area contributed by atoms with Crippen LogP contribution < -0.4 is 4.90 Å². The Labute approximate surface area is 160 Å². The van der Waals surface area contributed by atoms with Crippen molar-refractivity contribution in [2.75, 3.05) is 25.6 Å². The van der Waals surface area contributed by atoms with Gasteiger partial charge in [0.15, 0.2) is 11.5 Å². The van der Waals surface area contributed by atoms with Crippen LogP contribution in [0.5, 0.6) is 5.75 Å². The molecule has 0 aromatic heterocycles. The number of unbranched alkanes of at least 4 members (excludes halogenated alkanes) is 3.